The molecule has 74 valence electrons. The molecule has 0 bridgehead atoms. The van der Waals surface area contributed by atoms with Crippen LogP contribution in [0, 0.1) is 0 Å². The molecule has 0 aromatic heterocycles. The molecule has 4 heteroatoms. The van der Waals surface area contributed by atoms with Crippen molar-refractivity contribution in [3.8, 4) is 0 Å². The standard InChI is InChI=1S/C9H13BrO2S/c1-6-8(12-5-3-4-10)7(2)13-9(6)11/h7H,3-5H2,1-2H3. The number of hydrogen-bond acceptors (Lipinski definition) is 3. The van der Waals surface area contributed by atoms with Crippen LogP contribution in [0.1, 0.15) is 20.3 Å². The second-order valence-corrected chi connectivity index (χ2v) is 5.03. The van der Waals surface area contributed by atoms with Gasteiger partial charge in [-0.2, -0.15) is 0 Å². The fraction of sp³-hybridized carbons (Fsp3) is 0.667. The molecule has 0 aliphatic carbocycles. The van der Waals surface area contributed by atoms with E-state index in [9.17, 15) is 4.79 Å². The van der Waals surface area contributed by atoms with E-state index >= 15 is 0 Å². The molecule has 0 spiro atoms. The Bertz CT molecular complexity index is 238. The van der Waals surface area contributed by atoms with Crippen molar-refractivity contribution in [1.82, 2.24) is 0 Å². The summed E-state index contributed by atoms with van der Waals surface area (Å²) in [5, 5.41) is 1.29. The number of hydrogen-bond donors (Lipinski definition) is 0. The first-order valence-electron chi connectivity index (χ1n) is 4.27. The Balaban J connectivity index is 2.51. The monoisotopic (exact) mass is 264 g/mol. The van der Waals surface area contributed by atoms with Crippen LogP contribution >= 0.6 is 27.7 Å². The maximum atomic E-state index is 11.2. The van der Waals surface area contributed by atoms with Crippen molar-refractivity contribution in [3.63, 3.8) is 0 Å². The Kier molecular flexibility index (Phi) is 4.32. The smallest absolute Gasteiger partial charge is 0.219 e. The average Bonchev–Trinajstić information content (AvgIpc) is 2.32. The highest BCUT2D eigenvalue weighted by Gasteiger charge is 2.28. The van der Waals surface area contributed by atoms with E-state index in [0.717, 1.165) is 23.1 Å². The quantitative estimate of drug-likeness (QED) is 0.577. The number of thioether (sulfide) groups is 1. The predicted molar refractivity (Wildman–Crippen MR) is 59.1 cm³/mol. The summed E-state index contributed by atoms with van der Waals surface area (Å²) < 4.78 is 5.55. The van der Waals surface area contributed by atoms with Crippen LogP contribution in [0.3, 0.4) is 0 Å². The van der Waals surface area contributed by atoms with E-state index in [1.807, 2.05) is 13.8 Å². The summed E-state index contributed by atoms with van der Waals surface area (Å²) in [6.45, 7) is 4.53. The van der Waals surface area contributed by atoms with Gasteiger partial charge in [-0.15, -0.1) is 0 Å². The van der Waals surface area contributed by atoms with Gasteiger partial charge in [-0.1, -0.05) is 27.7 Å². The van der Waals surface area contributed by atoms with Crippen molar-refractivity contribution >= 4 is 32.8 Å². The summed E-state index contributed by atoms with van der Waals surface area (Å²) >= 11 is 4.68. The first-order chi connectivity index (χ1) is 6.16. The number of halogens is 1. The zero-order valence-electron chi connectivity index (χ0n) is 7.80. The van der Waals surface area contributed by atoms with Gasteiger partial charge in [-0.3, -0.25) is 4.79 Å². The van der Waals surface area contributed by atoms with E-state index in [-0.39, 0.29) is 10.4 Å². The minimum atomic E-state index is 0.154. The summed E-state index contributed by atoms with van der Waals surface area (Å²) in [6, 6.07) is 0. The molecule has 0 radical (unpaired) electrons. The van der Waals surface area contributed by atoms with Gasteiger partial charge in [0.15, 0.2) is 0 Å². The van der Waals surface area contributed by atoms with E-state index in [1.165, 1.54) is 11.8 Å². The van der Waals surface area contributed by atoms with Gasteiger partial charge in [0.2, 0.25) is 5.12 Å². The number of rotatable bonds is 4. The molecule has 13 heavy (non-hydrogen) atoms. The molecule has 1 atom stereocenters. The highest BCUT2D eigenvalue weighted by molar-refractivity contribution is 9.09. The third-order valence-corrected chi connectivity index (χ3v) is 3.51. The van der Waals surface area contributed by atoms with Crippen LogP contribution in [0.4, 0.5) is 0 Å². The lowest BCUT2D eigenvalue weighted by Crippen LogP contribution is -2.03. The van der Waals surface area contributed by atoms with Gasteiger partial charge in [0.1, 0.15) is 5.76 Å². The minimum Gasteiger partial charge on any atom is -0.496 e. The highest BCUT2D eigenvalue weighted by atomic mass is 79.9. The van der Waals surface area contributed by atoms with Crippen molar-refractivity contribution in [2.75, 3.05) is 11.9 Å². The summed E-state index contributed by atoms with van der Waals surface area (Å²) in [5.74, 6) is 0.871. The molecule has 0 aromatic carbocycles. The van der Waals surface area contributed by atoms with Crippen molar-refractivity contribution in [2.24, 2.45) is 0 Å². The fourth-order valence-corrected chi connectivity index (χ4v) is 2.35. The van der Waals surface area contributed by atoms with Crippen LogP contribution in [0.25, 0.3) is 0 Å². The summed E-state index contributed by atoms with van der Waals surface area (Å²) in [7, 11) is 0. The molecule has 1 aliphatic rings. The van der Waals surface area contributed by atoms with Crippen LogP contribution in [0.2, 0.25) is 0 Å². The third kappa shape index (κ3) is 2.74. The molecule has 0 amide bonds. The predicted octanol–water partition coefficient (Wildman–Crippen LogP) is 2.72. The molecule has 1 rings (SSSR count). The zero-order valence-corrected chi connectivity index (χ0v) is 10.2. The first kappa shape index (κ1) is 11.1. The third-order valence-electron chi connectivity index (χ3n) is 1.86. The van der Waals surface area contributed by atoms with Crippen molar-refractivity contribution < 1.29 is 9.53 Å². The molecule has 0 saturated heterocycles. The Morgan fingerprint density at radius 1 is 1.62 bits per heavy atom. The lowest BCUT2D eigenvalue weighted by Gasteiger charge is -2.10. The van der Waals surface area contributed by atoms with Gasteiger partial charge in [0.05, 0.1) is 11.9 Å². The van der Waals surface area contributed by atoms with Crippen LogP contribution in [-0.2, 0) is 9.53 Å². The van der Waals surface area contributed by atoms with Crippen molar-refractivity contribution in [1.29, 1.82) is 0 Å². The van der Waals surface area contributed by atoms with Gasteiger partial charge >= 0.3 is 0 Å². The highest BCUT2D eigenvalue weighted by Crippen LogP contribution is 2.33. The molecule has 1 unspecified atom stereocenters. The van der Waals surface area contributed by atoms with Gasteiger partial charge in [0, 0.05) is 10.9 Å². The molecule has 0 saturated carbocycles. The Morgan fingerprint density at radius 3 is 2.77 bits per heavy atom. The molecule has 2 nitrogen and oxygen atoms in total. The zero-order chi connectivity index (χ0) is 9.84. The molecule has 0 N–H and O–H groups in total. The fourth-order valence-electron chi connectivity index (χ4n) is 1.17. The van der Waals surface area contributed by atoms with E-state index < -0.39 is 0 Å². The van der Waals surface area contributed by atoms with Crippen LogP contribution < -0.4 is 0 Å². The second kappa shape index (κ2) is 5.05. The van der Waals surface area contributed by atoms with Crippen LogP contribution in [-0.4, -0.2) is 22.3 Å². The summed E-state index contributed by atoms with van der Waals surface area (Å²) in [6.07, 6.45) is 0.975. The Morgan fingerprint density at radius 2 is 2.31 bits per heavy atom. The largest absolute Gasteiger partial charge is 0.496 e. The van der Waals surface area contributed by atoms with Gasteiger partial charge in [-0.05, 0) is 20.3 Å². The lowest BCUT2D eigenvalue weighted by atomic mass is 10.2. The lowest BCUT2D eigenvalue weighted by molar-refractivity contribution is -0.107. The molecular formula is C9H13BrO2S. The molecular weight excluding hydrogens is 252 g/mol. The van der Waals surface area contributed by atoms with E-state index in [4.69, 9.17) is 4.74 Å². The van der Waals surface area contributed by atoms with Crippen molar-refractivity contribution in [3.05, 3.63) is 11.3 Å². The number of carbonyl (C=O) groups is 1. The van der Waals surface area contributed by atoms with Crippen LogP contribution in [0.15, 0.2) is 11.3 Å². The van der Waals surface area contributed by atoms with Crippen molar-refractivity contribution in [2.45, 2.75) is 25.5 Å². The van der Waals surface area contributed by atoms with Gasteiger partial charge < -0.3 is 4.74 Å². The summed E-state index contributed by atoms with van der Waals surface area (Å²) in [5.41, 5.74) is 0.784. The maximum absolute atomic E-state index is 11.2. The summed E-state index contributed by atoms with van der Waals surface area (Å²) in [4.78, 5) is 11.2. The van der Waals surface area contributed by atoms with E-state index in [2.05, 4.69) is 15.9 Å². The molecule has 0 fully saturated rings. The topological polar surface area (TPSA) is 26.3 Å². The Labute approximate surface area is 91.2 Å². The first-order valence-corrected chi connectivity index (χ1v) is 6.27. The van der Waals surface area contributed by atoms with Crippen LogP contribution in [0.5, 0.6) is 0 Å². The normalized spacial score (nSPS) is 22.7. The average molecular weight is 265 g/mol. The number of alkyl halides is 1. The number of carbonyl (C=O) groups excluding carboxylic acids is 1. The van der Waals surface area contributed by atoms with E-state index in [1.54, 1.807) is 0 Å². The Hall–Kier alpha value is 0.0400. The van der Waals surface area contributed by atoms with E-state index in [0.29, 0.717) is 6.61 Å². The van der Waals surface area contributed by atoms with Gasteiger partial charge in [-0.25, -0.2) is 0 Å². The molecule has 0 aromatic rings. The second-order valence-electron chi connectivity index (χ2n) is 2.93. The molecule has 1 heterocycles. The number of ether oxygens (including phenoxy) is 1. The SMILES string of the molecule is CC1=C(OCCCBr)C(C)SC1=O. The maximum Gasteiger partial charge on any atom is 0.219 e. The van der Waals surface area contributed by atoms with Gasteiger partial charge in [0.25, 0.3) is 0 Å². The molecule has 1 aliphatic heterocycles. The minimum absolute atomic E-state index is 0.154.